The predicted molar refractivity (Wildman–Crippen MR) is 170 cm³/mol. The van der Waals surface area contributed by atoms with E-state index in [1.165, 1.54) is 55.6 Å². The number of hydrogen-bond donors (Lipinski definition) is 1. The summed E-state index contributed by atoms with van der Waals surface area (Å²) >= 11 is 0. The Kier molecular flexibility index (Phi) is 5.86. The molecule has 0 aliphatic heterocycles. The molecule has 0 spiro atoms. The third kappa shape index (κ3) is 4.12. The van der Waals surface area contributed by atoms with Crippen molar-refractivity contribution >= 4 is 11.4 Å². The molecule has 1 N–H and O–H groups in total. The lowest BCUT2D eigenvalue weighted by molar-refractivity contribution is 0.660. The average molecular weight is 514 g/mol. The molecule has 0 bridgehead atoms. The Labute approximate surface area is 236 Å². The summed E-state index contributed by atoms with van der Waals surface area (Å²) in [5.74, 6) is 0. The van der Waals surface area contributed by atoms with Crippen LogP contribution in [0.2, 0.25) is 0 Å². The zero-order chi connectivity index (χ0) is 27.1. The molecule has 6 aromatic carbocycles. The second-order valence-corrected chi connectivity index (χ2v) is 11.1. The molecule has 0 saturated heterocycles. The van der Waals surface area contributed by atoms with Crippen LogP contribution >= 0.6 is 0 Å². The van der Waals surface area contributed by atoms with E-state index in [2.05, 4.69) is 165 Å². The first-order valence-corrected chi connectivity index (χ1v) is 14.0. The first kappa shape index (κ1) is 24.2. The minimum atomic E-state index is -0.0724. The maximum atomic E-state index is 3.88. The van der Waals surface area contributed by atoms with Gasteiger partial charge in [-0.25, -0.2) is 0 Å². The molecule has 1 nitrogen and oxygen atoms in total. The topological polar surface area (TPSA) is 12.0 Å². The first-order chi connectivity index (χ1) is 19.6. The summed E-state index contributed by atoms with van der Waals surface area (Å²) in [6, 6.07) is 52.4. The quantitative estimate of drug-likeness (QED) is 0.242. The Morgan fingerprint density at radius 3 is 1.62 bits per heavy atom. The van der Waals surface area contributed by atoms with E-state index >= 15 is 0 Å². The van der Waals surface area contributed by atoms with Gasteiger partial charge < -0.3 is 5.32 Å². The second-order valence-electron chi connectivity index (χ2n) is 11.1. The van der Waals surface area contributed by atoms with Gasteiger partial charge in [0.2, 0.25) is 0 Å². The molecule has 0 heterocycles. The molecule has 1 aliphatic carbocycles. The van der Waals surface area contributed by atoms with E-state index in [9.17, 15) is 0 Å². The third-order valence-corrected chi connectivity index (χ3v) is 8.31. The molecule has 0 fully saturated rings. The Morgan fingerprint density at radius 2 is 0.900 bits per heavy atom. The van der Waals surface area contributed by atoms with Crippen molar-refractivity contribution in [2.45, 2.75) is 19.3 Å². The van der Waals surface area contributed by atoms with E-state index in [0.717, 1.165) is 11.4 Å². The van der Waals surface area contributed by atoms with Crippen LogP contribution in [0.15, 0.2) is 146 Å². The second kappa shape index (κ2) is 9.70. The monoisotopic (exact) mass is 513 g/mol. The molecule has 40 heavy (non-hydrogen) atoms. The lowest BCUT2D eigenvalue weighted by Crippen LogP contribution is -2.15. The molecule has 0 atom stereocenters. The molecular weight excluding hydrogens is 482 g/mol. The normalized spacial score (nSPS) is 12.9. The molecule has 1 aliphatic rings. The number of anilines is 2. The SMILES string of the molecule is CC1(C)c2ccccc2-c2cc(-c3ccc(-c4ccccc4)cc3)c(Nc3ccccc3-c3ccccc3)cc21. The number of para-hydroxylation sites is 1. The number of fused-ring (bicyclic) bond motifs is 3. The Balaban J connectivity index is 1.39. The Hall–Kier alpha value is -4.88. The van der Waals surface area contributed by atoms with E-state index in [-0.39, 0.29) is 5.41 Å². The first-order valence-electron chi connectivity index (χ1n) is 14.0. The third-order valence-electron chi connectivity index (χ3n) is 8.31. The highest BCUT2D eigenvalue weighted by atomic mass is 14.9. The van der Waals surface area contributed by atoms with E-state index in [1.807, 2.05) is 0 Å². The lowest BCUT2D eigenvalue weighted by Gasteiger charge is -2.24. The predicted octanol–water partition coefficient (Wildman–Crippen LogP) is 10.7. The van der Waals surface area contributed by atoms with Crippen molar-refractivity contribution in [1.29, 1.82) is 0 Å². The van der Waals surface area contributed by atoms with E-state index in [4.69, 9.17) is 0 Å². The molecule has 0 aromatic heterocycles. The van der Waals surface area contributed by atoms with Crippen molar-refractivity contribution in [2.24, 2.45) is 0 Å². The van der Waals surface area contributed by atoms with Gasteiger partial charge in [-0.05, 0) is 62.7 Å². The molecule has 6 aromatic rings. The molecule has 0 radical (unpaired) electrons. The fraction of sp³-hybridized carbons (Fsp3) is 0.0769. The largest absolute Gasteiger partial charge is 0.355 e. The minimum Gasteiger partial charge on any atom is -0.355 e. The van der Waals surface area contributed by atoms with Gasteiger partial charge in [0.15, 0.2) is 0 Å². The molecule has 0 amide bonds. The maximum Gasteiger partial charge on any atom is 0.0467 e. The van der Waals surface area contributed by atoms with E-state index in [0.29, 0.717) is 0 Å². The summed E-state index contributed by atoms with van der Waals surface area (Å²) in [5.41, 5.74) is 14.8. The van der Waals surface area contributed by atoms with Gasteiger partial charge >= 0.3 is 0 Å². The summed E-state index contributed by atoms with van der Waals surface area (Å²) in [6.45, 7) is 4.68. The van der Waals surface area contributed by atoms with E-state index in [1.54, 1.807) is 0 Å². The lowest BCUT2D eigenvalue weighted by atomic mass is 9.81. The van der Waals surface area contributed by atoms with Gasteiger partial charge in [-0.15, -0.1) is 0 Å². The number of hydrogen-bond acceptors (Lipinski definition) is 1. The van der Waals surface area contributed by atoms with Crippen LogP contribution in [0.5, 0.6) is 0 Å². The number of nitrogens with one attached hydrogen (secondary N) is 1. The van der Waals surface area contributed by atoms with Crippen molar-refractivity contribution in [3.63, 3.8) is 0 Å². The Morgan fingerprint density at radius 1 is 0.375 bits per heavy atom. The van der Waals surface area contributed by atoms with Gasteiger partial charge in [-0.2, -0.15) is 0 Å². The summed E-state index contributed by atoms with van der Waals surface area (Å²) < 4.78 is 0. The van der Waals surface area contributed by atoms with Crippen LogP contribution < -0.4 is 5.32 Å². The number of benzene rings is 6. The molecule has 1 heteroatoms. The zero-order valence-electron chi connectivity index (χ0n) is 22.9. The van der Waals surface area contributed by atoms with Gasteiger partial charge in [-0.3, -0.25) is 0 Å². The summed E-state index contributed by atoms with van der Waals surface area (Å²) in [5, 5.41) is 3.88. The maximum absolute atomic E-state index is 3.88. The number of rotatable bonds is 5. The van der Waals surface area contributed by atoms with Crippen LogP contribution in [0.25, 0.3) is 44.5 Å². The average Bonchev–Trinajstić information content (AvgIpc) is 3.24. The van der Waals surface area contributed by atoms with Gasteiger partial charge in [-0.1, -0.05) is 141 Å². The molecular formula is C39H31N. The van der Waals surface area contributed by atoms with Gasteiger partial charge in [0, 0.05) is 27.9 Å². The summed E-state index contributed by atoms with van der Waals surface area (Å²) in [4.78, 5) is 0. The summed E-state index contributed by atoms with van der Waals surface area (Å²) in [6.07, 6.45) is 0. The molecule has 0 unspecified atom stereocenters. The van der Waals surface area contributed by atoms with Crippen LogP contribution in [0.4, 0.5) is 11.4 Å². The van der Waals surface area contributed by atoms with Gasteiger partial charge in [0.1, 0.15) is 0 Å². The van der Waals surface area contributed by atoms with Crippen molar-refractivity contribution in [3.8, 4) is 44.5 Å². The van der Waals surface area contributed by atoms with Gasteiger partial charge in [0.25, 0.3) is 0 Å². The standard InChI is InChI=1S/C39H31N/c1-39(2)35-19-11-9-18-32(35)34-25-33(30-23-21-28(22-24-30)27-13-5-3-6-14-27)38(26-36(34)39)40-37-20-12-10-17-31(37)29-15-7-4-8-16-29/h3-26,40H,1-2H3. The highest BCUT2D eigenvalue weighted by molar-refractivity contribution is 5.93. The molecule has 192 valence electrons. The van der Waals surface area contributed by atoms with Crippen molar-refractivity contribution in [3.05, 3.63) is 157 Å². The molecule has 0 saturated carbocycles. The smallest absolute Gasteiger partial charge is 0.0467 e. The van der Waals surface area contributed by atoms with Crippen molar-refractivity contribution in [2.75, 3.05) is 5.32 Å². The highest BCUT2D eigenvalue weighted by Gasteiger charge is 2.36. The highest BCUT2D eigenvalue weighted by Crippen LogP contribution is 2.51. The van der Waals surface area contributed by atoms with Gasteiger partial charge in [0.05, 0.1) is 0 Å². The molecule has 7 rings (SSSR count). The van der Waals surface area contributed by atoms with Crippen LogP contribution in [0.1, 0.15) is 25.0 Å². The van der Waals surface area contributed by atoms with Crippen molar-refractivity contribution in [1.82, 2.24) is 0 Å². The van der Waals surface area contributed by atoms with Crippen LogP contribution in [0.3, 0.4) is 0 Å². The van der Waals surface area contributed by atoms with Crippen LogP contribution in [-0.2, 0) is 5.41 Å². The fourth-order valence-corrected chi connectivity index (χ4v) is 6.17. The van der Waals surface area contributed by atoms with Crippen LogP contribution in [-0.4, -0.2) is 0 Å². The van der Waals surface area contributed by atoms with Crippen molar-refractivity contribution < 1.29 is 0 Å². The minimum absolute atomic E-state index is 0.0724. The van der Waals surface area contributed by atoms with E-state index < -0.39 is 0 Å². The Bertz CT molecular complexity index is 1810. The zero-order valence-corrected chi connectivity index (χ0v) is 22.9. The fourth-order valence-electron chi connectivity index (χ4n) is 6.17. The summed E-state index contributed by atoms with van der Waals surface area (Å²) in [7, 11) is 0. The van der Waals surface area contributed by atoms with Crippen LogP contribution in [0, 0.1) is 0 Å².